The molecule has 1 N–H and O–H groups in total. The summed E-state index contributed by atoms with van der Waals surface area (Å²) in [6.45, 7) is 3.35. The molecule has 0 atom stereocenters. The van der Waals surface area contributed by atoms with Gasteiger partial charge in [-0.15, -0.1) is 0 Å². The Kier molecular flexibility index (Phi) is 6.44. The monoisotopic (exact) mass is 441 g/mol. The fourth-order valence-corrected chi connectivity index (χ4v) is 4.03. The molecule has 1 saturated heterocycles. The van der Waals surface area contributed by atoms with Gasteiger partial charge in [-0.25, -0.2) is 18.4 Å². The summed E-state index contributed by atoms with van der Waals surface area (Å²) in [6, 6.07) is 4.63. The Bertz CT molecular complexity index is 1030. The van der Waals surface area contributed by atoms with Crippen molar-refractivity contribution in [2.45, 2.75) is 42.9 Å². The van der Waals surface area contributed by atoms with Crippen molar-refractivity contribution in [3.63, 3.8) is 0 Å². The molecule has 0 unspecified atom stereocenters. The van der Waals surface area contributed by atoms with Gasteiger partial charge in [0.1, 0.15) is 17.8 Å². The molecule has 0 bridgehead atoms. The molecule has 1 aliphatic heterocycles. The number of nitro benzene ring substituents is 1. The summed E-state index contributed by atoms with van der Waals surface area (Å²) in [7, 11) is -4.91. The standard InChI is InChI=1S/C18H21F2N5O4S/c1-2-12-9-17(22-11-21-12)24-7-5-13(6-8-24)23-15-4-3-14(10-16(15)25(26)27)30(28,29)18(19)20/h3-4,9-11,13,18,23H,2,5-8H2,1H3. The van der Waals surface area contributed by atoms with Gasteiger partial charge < -0.3 is 10.2 Å². The predicted molar refractivity (Wildman–Crippen MR) is 107 cm³/mol. The van der Waals surface area contributed by atoms with Gasteiger partial charge in [0.05, 0.1) is 9.82 Å². The van der Waals surface area contributed by atoms with Gasteiger partial charge in [-0.1, -0.05) is 6.92 Å². The Balaban J connectivity index is 1.72. The third-order valence-corrected chi connectivity index (χ3v) is 6.36. The number of piperidine rings is 1. The zero-order chi connectivity index (χ0) is 21.9. The molecule has 1 fully saturated rings. The number of aryl methyl sites for hydroxylation is 1. The second kappa shape index (κ2) is 8.86. The highest BCUT2D eigenvalue weighted by Gasteiger charge is 2.30. The number of rotatable bonds is 7. The van der Waals surface area contributed by atoms with Crippen LogP contribution < -0.4 is 10.2 Å². The molecule has 0 saturated carbocycles. The van der Waals surface area contributed by atoms with Gasteiger partial charge >= 0.3 is 5.76 Å². The average molecular weight is 441 g/mol. The van der Waals surface area contributed by atoms with Crippen molar-refractivity contribution in [1.82, 2.24) is 9.97 Å². The zero-order valence-corrected chi connectivity index (χ0v) is 17.0. The van der Waals surface area contributed by atoms with Crippen LogP contribution in [0.5, 0.6) is 0 Å². The smallest absolute Gasteiger partial charge is 0.341 e. The number of benzene rings is 1. The molecule has 0 amide bonds. The van der Waals surface area contributed by atoms with Crippen LogP contribution in [-0.4, -0.2) is 48.2 Å². The molecule has 2 aromatic rings. The molecule has 1 aromatic heterocycles. The molecule has 2 heterocycles. The summed E-state index contributed by atoms with van der Waals surface area (Å²) in [4.78, 5) is 20.4. The summed E-state index contributed by atoms with van der Waals surface area (Å²) < 4.78 is 48.7. The van der Waals surface area contributed by atoms with Crippen LogP contribution in [-0.2, 0) is 16.3 Å². The van der Waals surface area contributed by atoms with E-state index in [0.717, 1.165) is 30.1 Å². The first-order valence-corrected chi connectivity index (χ1v) is 10.9. The van der Waals surface area contributed by atoms with E-state index in [4.69, 9.17) is 0 Å². The van der Waals surface area contributed by atoms with Crippen LogP contribution in [0.15, 0.2) is 35.5 Å². The molecule has 30 heavy (non-hydrogen) atoms. The highest BCUT2D eigenvalue weighted by Crippen LogP contribution is 2.31. The first-order valence-electron chi connectivity index (χ1n) is 9.35. The molecule has 0 spiro atoms. The normalized spacial score (nSPS) is 15.4. The second-order valence-electron chi connectivity index (χ2n) is 6.87. The maximum Gasteiger partial charge on any atom is 0.341 e. The number of halogens is 2. The Hall–Kier alpha value is -2.89. The van der Waals surface area contributed by atoms with E-state index in [1.54, 1.807) is 0 Å². The average Bonchev–Trinajstić information content (AvgIpc) is 2.74. The number of aromatic nitrogens is 2. The first kappa shape index (κ1) is 21.8. The van der Waals surface area contributed by atoms with Crippen molar-refractivity contribution in [3.8, 4) is 0 Å². The van der Waals surface area contributed by atoms with E-state index in [1.807, 2.05) is 13.0 Å². The topological polar surface area (TPSA) is 118 Å². The van der Waals surface area contributed by atoms with E-state index >= 15 is 0 Å². The lowest BCUT2D eigenvalue weighted by molar-refractivity contribution is -0.384. The van der Waals surface area contributed by atoms with E-state index in [1.165, 1.54) is 6.33 Å². The number of anilines is 2. The fraction of sp³-hybridized carbons (Fsp3) is 0.444. The molecule has 3 rings (SSSR count). The minimum absolute atomic E-state index is 0.0926. The van der Waals surface area contributed by atoms with E-state index in [-0.39, 0.29) is 11.7 Å². The lowest BCUT2D eigenvalue weighted by Gasteiger charge is -2.33. The highest BCUT2D eigenvalue weighted by molar-refractivity contribution is 7.91. The van der Waals surface area contributed by atoms with Gasteiger partial charge in [-0.2, -0.15) is 8.78 Å². The molecule has 1 aliphatic rings. The fourth-order valence-electron chi connectivity index (χ4n) is 3.29. The first-order chi connectivity index (χ1) is 14.2. The Morgan fingerprint density at radius 3 is 2.57 bits per heavy atom. The van der Waals surface area contributed by atoms with Crippen molar-refractivity contribution < 1.29 is 22.1 Å². The minimum Gasteiger partial charge on any atom is -0.377 e. The Labute approximate surface area is 172 Å². The molecular weight excluding hydrogens is 420 g/mol. The number of nitro groups is 1. The maximum absolute atomic E-state index is 12.7. The summed E-state index contributed by atoms with van der Waals surface area (Å²) in [6.07, 6.45) is 3.66. The quantitative estimate of drug-likeness (QED) is 0.515. The van der Waals surface area contributed by atoms with E-state index in [0.29, 0.717) is 32.0 Å². The van der Waals surface area contributed by atoms with E-state index in [9.17, 15) is 27.3 Å². The molecule has 1 aromatic carbocycles. The van der Waals surface area contributed by atoms with Crippen LogP contribution in [0.3, 0.4) is 0 Å². The second-order valence-corrected chi connectivity index (χ2v) is 8.79. The zero-order valence-electron chi connectivity index (χ0n) is 16.2. The van der Waals surface area contributed by atoms with Crippen molar-refractivity contribution in [2.75, 3.05) is 23.3 Å². The van der Waals surface area contributed by atoms with Crippen LogP contribution in [0.1, 0.15) is 25.5 Å². The van der Waals surface area contributed by atoms with Gasteiger partial charge in [0.25, 0.3) is 5.69 Å². The molecule has 162 valence electrons. The third-order valence-electron chi connectivity index (χ3n) is 4.98. The van der Waals surface area contributed by atoms with Crippen LogP contribution in [0, 0.1) is 10.1 Å². The number of nitrogens with zero attached hydrogens (tertiary/aromatic N) is 4. The number of hydrogen-bond acceptors (Lipinski definition) is 8. The van der Waals surface area contributed by atoms with Crippen LogP contribution in [0.2, 0.25) is 0 Å². The number of hydrogen-bond donors (Lipinski definition) is 1. The minimum atomic E-state index is -4.91. The maximum atomic E-state index is 12.7. The molecular formula is C18H21F2N5O4S. The summed E-state index contributed by atoms with van der Waals surface area (Å²) in [5.41, 5.74) is 0.485. The van der Waals surface area contributed by atoms with Crippen LogP contribution in [0.4, 0.5) is 26.0 Å². The molecule has 12 heteroatoms. The van der Waals surface area contributed by atoms with Gasteiger partial charge in [0.15, 0.2) is 0 Å². The summed E-state index contributed by atoms with van der Waals surface area (Å²) >= 11 is 0. The third kappa shape index (κ3) is 4.64. The summed E-state index contributed by atoms with van der Waals surface area (Å²) in [5, 5.41) is 14.4. The molecule has 0 radical (unpaired) electrons. The SMILES string of the molecule is CCc1cc(N2CCC(Nc3ccc(S(=O)(=O)C(F)F)cc3[N+](=O)[O-])CC2)ncn1. The highest BCUT2D eigenvalue weighted by atomic mass is 32.2. The predicted octanol–water partition coefficient (Wildman–Crippen LogP) is 3.02. The van der Waals surface area contributed by atoms with Gasteiger partial charge in [0.2, 0.25) is 9.84 Å². The Morgan fingerprint density at radius 1 is 1.27 bits per heavy atom. The largest absolute Gasteiger partial charge is 0.377 e. The lowest BCUT2D eigenvalue weighted by atomic mass is 10.0. The van der Waals surface area contributed by atoms with Crippen molar-refractivity contribution in [3.05, 3.63) is 46.4 Å². The van der Waals surface area contributed by atoms with E-state index < -0.39 is 31.1 Å². The van der Waals surface area contributed by atoms with E-state index in [2.05, 4.69) is 20.2 Å². The van der Waals surface area contributed by atoms with Gasteiger partial charge in [0, 0.05) is 37.0 Å². The number of sulfone groups is 1. The van der Waals surface area contributed by atoms with Gasteiger partial charge in [-0.3, -0.25) is 10.1 Å². The van der Waals surface area contributed by atoms with Gasteiger partial charge in [-0.05, 0) is 31.4 Å². The van der Waals surface area contributed by atoms with Crippen molar-refractivity contribution >= 4 is 27.0 Å². The van der Waals surface area contributed by atoms with Crippen LogP contribution in [0.25, 0.3) is 0 Å². The molecule has 9 nitrogen and oxygen atoms in total. The van der Waals surface area contributed by atoms with Crippen molar-refractivity contribution in [1.29, 1.82) is 0 Å². The van der Waals surface area contributed by atoms with Crippen LogP contribution >= 0.6 is 0 Å². The Morgan fingerprint density at radius 2 is 1.97 bits per heavy atom. The van der Waals surface area contributed by atoms with Crippen molar-refractivity contribution in [2.24, 2.45) is 0 Å². The summed E-state index contributed by atoms with van der Waals surface area (Å²) in [5.74, 6) is -2.82. The molecule has 0 aliphatic carbocycles. The number of nitrogens with one attached hydrogen (secondary N) is 1. The number of alkyl halides is 2. The lowest BCUT2D eigenvalue weighted by Crippen LogP contribution is -2.39.